The van der Waals surface area contributed by atoms with Crippen LogP contribution in [0.1, 0.15) is 18.1 Å². The molecule has 1 N–H and O–H groups in total. The van der Waals surface area contributed by atoms with Crippen molar-refractivity contribution in [1.82, 2.24) is 4.90 Å². The van der Waals surface area contributed by atoms with Crippen molar-refractivity contribution in [2.45, 2.75) is 20.4 Å². The number of ether oxygens (including phenoxy) is 2. The molecule has 0 aliphatic heterocycles. The van der Waals surface area contributed by atoms with Crippen molar-refractivity contribution in [1.29, 1.82) is 0 Å². The average Bonchev–Trinajstić information content (AvgIpc) is 2.63. The van der Waals surface area contributed by atoms with Crippen LogP contribution >= 0.6 is 11.6 Å². The summed E-state index contributed by atoms with van der Waals surface area (Å²) in [4.78, 5) is 25.9. The molecule has 27 heavy (non-hydrogen) atoms. The average molecular weight is 391 g/mol. The van der Waals surface area contributed by atoms with Gasteiger partial charge in [0.2, 0.25) is 11.8 Å². The molecule has 2 amide bonds. The highest BCUT2D eigenvalue weighted by Gasteiger charge is 2.17. The summed E-state index contributed by atoms with van der Waals surface area (Å²) < 4.78 is 10.4. The number of benzene rings is 2. The second kappa shape index (κ2) is 9.28. The van der Waals surface area contributed by atoms with Crippen LogP contribution in [0.2, 0.25) is 5.02 Å². The van der Waals surface area contributed by atoms with Gasteiger partial charge in [-0.05, 0) is 12.5 Å². The molecule has 0 aliphatic carbocycles. The van der Waals surface area contributed by atoms with Gasteiger partial charge in [-0.25, -0.2) is 0 Å². The van der Waals surface area contributed by atoms with Crippen molar-refractivity contribution in [2.75, 3.05) is 26.1 Å². The van der Waals surface area contributed by atoms with E-state index in [1.54, 1.807) is 12.1 Å². The van der Waals surface area contributed by atoms with Crippen molar-refractivity contribution in [2.24, 2.45) is 0 Å². The van der Waals surface area contributed by atoms with Gasteiger partial charge in [-0.1, -0.05) is 41.4 Å². The van der Waals surface area contributed by atoms with E-state index in [1.165, 1.54) is 26.0 Å². The van der Waals surface area contributed by atoms with Crippen LogP contribution < -0.4 is 14.8 Å². The molecule has 2 aromatic rings. The Morgan fingerprint density at radius 2 is 1.70 bits per heavy atom. The van der Waals surface area contributed by atoms with Crippen LogP contribution in [-0.2, 0) is 16.1 Å². The monoisotopic (exact) mass is 390 g/mol. The molecule has 0 fully saturated rings. The number of anilines is 1. The molecule has 0 saturated carbocycles. The van der Waals surface area contributed by atoms with Crippen molar-refractivity contribution >= 4 is 29.1 Å². The molecule has 6 nitrogen and oxygen atoms in total. The van der Waals surface area contributed by atoms with E-state index in [-0.39, 0.29) is 18.4 Å². The van der Waals surface area contributed by atoms with Crippen molar-refractivity contribution in [3.8, 4) is 11.5 Å². The van der Waals surface area contributed by atoms with E-state index in [4.69, 9.17) is 21.1 Å². The van der Waals surface area contributed by atoms with Gasteiger partial charge in [-0.3, -0.25) is 9.59 Å². The number of nitrogens with one attached hydrogen (secondary N) is 1. The highest BCUT2D eigenvalue weighted by Crippen LogP contribution is 2.35. The molecule has 0 saturated heterocycles. The predicted octanol–water partition coefficient (Wildman–Crippen LogP) is 3.65. The van der Waals surface area contributed by atoms with E-state index in [2.05, 4.69) is 5.32 Å². The zero-order valence-corrected chi connectivity index (χ0v) is 16.6. The smallest absolute Gasteiger partial charge is 0.244 e. The lowest BCUT2D eigenvalue weighted by atomic mass is 10.1. The fourth-order valence-corrected chi connectivity index (χ4v) is 2.74. The lowest BCUT2D eigenvalue weighted by Gasteiger charge is -2.21. The second-order valence-electron chi connectivity index (χ2n) is 6.10. The van der Waals surface area contributed by atoms with Gasteiger partial charge in [0, 0.05) is 25.6 Å². The lowest BCUT2D eigenvalue weighted by Crippen LogP contribution is -2.36. The van der Waals surface area contributed by atoms with E-state index in [0.717, 1.165) is 11.1 Å². The van der Waals surface area contributed by atoms with Gasteiger partial charge in [0.05, 0.1) is 24.9 Å². The largest absolute Gasteiger partial charge is 0.495 e. The van der Waals surface area contributed by atoms with Crippen LogP contribution in [0.25, 0.3) is 0 Å². The van der Waals surface area contributed by atoms with E-state index in [9.17, 15) is 9.59 Å². The van der Waals surface area contributed by atoms with Gasteiger partial charge >= 0.3 is 0 Å². The Hall–Kier alpha value is -2.73. The maximum Gasteiger partial charge on any atom is 0.244 e. The number of halogens is 1. The number of hydrogen-bond acceptors (Lipinski definition) is 4. The first kappa shape index (κ1) is 20.6. The minimum atomic E-state index is -0.347. The topological polar surface area (TPSA) is 67.9 Å². The summed E-state index contributed by atoms with van der Waals surface area (Å²) in [7, 11) is 2.96. The maximum absolute atomic E-state index is 12.5. The molecule has 0 aromatic heterocycles. The van der Waals surface area contributed by atoms with E-state index < -0.39 is 0 Å². The maximum atomic E-state index is 12.5. The number of aryl methyl sites for hydroxylation is 1. The van der Waals surface area contributed by atoms with Gasteiger partial charge in [-0.15, -0.1) is 0 Å². The molecular weight excluding hydrogens is 368 g/mol. The fraction of sp³-hybridized carbons (Fsp3) is 0.300. The Morgan fingerprint density at radius 1 is 1.07 bits per heavy atom. The Kier molecular flexibility index (Phi) is 7.07. The first-order chi connectivity index (χ1) is 12.8. The van der Waals surface area contributed by atoms with Gasteiger partial charge in [0.15, 0.2) is 0 Å². The summed E-state index contributed by atoms with van der Waals surface area (Å²) in [6.07, 6.45) is 0. The SMILES string of the molecule is COc1cc(NC(=O)CN(Cc2ccc(C)cc2)C(C)=O)c(OC)cc1Cl. The second-order valence-corrected chi connectivity index (χ2v) is 6.50. The molecule has 0 spiro atoms. The molecule has 0 atom stereocenters. The molecule has 0 unspecified atom stereocenters. The third-order valence-corrected chi connectivity index (χ3v) is 4.32. The highest BCUT2D eigenvalue weighted by atomic mass is 35.5. The first-order valence-electron chi connectivity index (χ1n) is 8.36. The molecule has 7 heteroatoms. The summed E-state index contributed by atoms with van der Waals surface area (Å²) in [6.45, 7) is 3.70. The molecule has 0 radical (unpaired) electrons. The third kappa shape index (κ3) is 5.62. The minimum Gasteiger partial charge on any atom is -0.495 e. The van der Waals surface area contributed by atoms with Crippen LogP contribution in [0.4, 0.5) is 5.69 Å². The van der Waals surface area contributed by atoms with Crippen LogP contribution in [0.5, 0.6) is 11.5 Å². The summed E-state index contributed by atoms with van der Waals surface area (Å²) in [5.41, 5.74) is 2.51. The number of rotatable bonds is 7. The first-order valence-corrected chi connectivity index (χ1v) is 8.74. The van der Waals surface area contributed by atoms with Crippen molar-refractivity contribution in [3.63, 3.8) is 0 Å². The Balaban J connectivity index is 2.12. The Bertz CT molecular complexity index is 821. The van der Waals surface area contributed by atoms with Crippen LogP contribution in [-0.4, -0.2) is 37.5 Å². The third-order valence-electron chi connectivity index (χ3n) is 4.02. The van der Waals surface area contributed by atoms with Crippen LogP contribution in [0, 0.1) is 6.92 Å². The summed E-state index contributed by atoms with van der Waals surface area (Å²) >= 11 is 6.07. The van der Waals surface area contributed by atoms with Crippen molar-refractivity contribution < 1.29 is 19.1 Å². The molecule has 0 heterocycles. The highest BCUT2D eigenvalue weighted by molar-refractivity contribution is 6.32. The fourth-order valence-electron chi connectivity index (χ4n) is 2.51. The van der Waals surface area contributed by atoms with E-state index in [1.807, 2.05) is 31.2 Å². The molecular formula is C20H23ClN2O4. The van der Waals surface area contributed by atoms with E-state index in [0.29, 0.717) is 28.8 Å². The zero-order chi connectivity index (χ0) is 20.0. The predicted molar refractivity (Wildman–Crippen MR) is 105 cm³/mol. The van der Waals surface area contributed by atoms with Crippen LogP contribution in [0.15, 0.2) is 36.4 Å². The van der Waals surface area contributed by atoms with Gasteiger partial charge < -0.3 is 19.7 Å². The number of carbonyl (C=O) groups excluding carboxylic acids is 2. The molecule has 2 aromatic carbocycles. The molecule has 0 bridgehead atoms. The number of methoxy groups -OCH3 is 2. The van der Waals surface area contributed by atoms with Gasteiger partial charge in [-0.2, -0.15) is 0 Å². The summed E-state index contributed by atoms with van der Waals surface area (Å²) in [6, 6.07) is 11.0. The molecule has 2 rings (SSSR count). The standard InChI is InChI=1S/C20H23ClN2O4/c1-13-5-7-15(8-6-13)11-23(14(2)24)12-20(25)22-17-10-18(26-3)16(21)9-19(17)27-4/h5-10H,11-12H2,1-4H3,(H,22,25). The van der Waals surface area contributed by atoms with Gasteiger partial charge in [0.1, 0.15) is 18.0 Å². The number of nitrogens with zero attached hydrogens (tertiary/aromatic N) is 1. The number of carbonyl (C=O) groups is 2. The Labute approximate surface area is 164 Å². The van der Waals surface area contributed by atoms with Crippen LogP contribution in [0.3, 0.4) is 0 Å². The van der Waals surface area contributed by atoms with Crippen molar-refractivity contribution in [3.05, 3.63) is 52.5 Å². The number of hydrogen-bond donors (Lipinski definition) is 1. The van der Waals surface area contributed by atoms with E-state index >= 15 is 0 Å². The Morgan fingerprint density at radius 3 is 2.26 bits per heavy atom. The zero-order valence-electron chi connectivity index (χ0n) is 15.8. The molecule has 0 aliphatic rings. The minimum absolute atomic E-state index is 0.0860. The summed E-state index contributed by atoms with van der Waals surface area (Å²) in [5.74, 6) is 0.282. The quantitative estimate of drug-likeness (QED) is 0.783. The normalized spacial score (nSPS) is 10.3. The molecule has 144 valence electrons. The lowest BCUT2D eigenvalue weighted by molar-refractivity contribution is -0.133. The summed E-state index contributed by atoms with van der Waals surface area (Å²) in [5, 5.41) is 3.12. The number of amides is 2. The van der Waals surface area contributed by atoms with Gasteiger partial charge in [0.25, 0.3) is 0 Å².